The molecule has 2 rings (SSSR count). The smallest absolute Gasteiger partial charge is 0.223 e. The van der Waals surface area contributed by atoms with E-state index in [1.54, 1.807) is 12.1 Å². The predicted molar refractivity (Wildman–Crippen MR) is 70.2 cm³/mol. The number of carbonyl (C=O) groups is 1. The van der Waals surface area contributed by atoms with Crippen LogP contribution in [0.25, 0.3) is 0 Å². The van der Waals surface area contributed by atoms with Gasteiger partial charge in [0.05, 0.1) is 6.54 Å². The summed E-state index contributed by atoms with van der Waals surface area (Å²) in [6.45, 7) is 3.00. The maximum absolute atomic E-state index is 11.9. The molecule has 1 aromatic heterocycles. The van der Waals surface area contributed by atoms with Gasteiger partial charge in [0, 0.05) is 26.1 Å². The topological polar surface area (TPSA) is 69.3 Å². The molecule has 1 aliphatic heterocycles. The second-order valence-electron chi connectivity index (χ2n) is 4.75. The Morgan fingerprint density at radius 2 is 2.16 bits per heavy atom. The summed E-state index contributed by atoms with van der Waals surface area (Å²) >= 11 is 0. The van der Waals surface area contributed by atoms with Crippen LogP contribution in [0.3, 0.4) is 0 Å². The molecule has 0 saturated carbocycles. The lowest BCUT2D eigenvalue weighted by Gasteiger charge is -2.26. The monoisotopic (exact) mass is 261 g/mol. The molecule has 1 amide bonds. The highest BCUT2D eigenvalue weighted by Crippen LogP contribution is 2.10. The second-order valence-corrected chi connectivity index (χ2v) is 4.75. The van der Waals surface area contributed by atoms with Gasteiger partial charge in [0.2, 0.25) is 11.7 Å². The highest BCUT2D eigenvalue weighted by atomic mass is 16.3. The van der Waals surface area contributed by atoms with Crippen molar-refractivity contribution in [3.05, 3.63) is 23.7 Å². The summed E-state index contributed by atoms with van der Waals surface area (Å²) in [6, 6.07) is 5.37. The van der Waals surface area contributed by atoms with E-state index in [1.165, 1.54) is 6.42 Å². The fraction of sp³-hybridized carbons (Fsp3) is 0.571. The maximum atomic E-state index is 11.9. The van der Waals surface area contributed by atoms with Crippen LogP contribution in [0.2, 0.25) is 0 Å². The molecule has 0 bridgehead atoms. The Bertz CT molecular complexity index is 456. The molecule has 0 unspecified atom stereocenters. The number of nitrogens with zero attached hydrogens (tertiary/aromatic N) is 2. The second kappa shape index (κ2) is 6.95. The van der Waals surface area contributed by atoms with E-state index >= 15 is 0 Å². The first-order valence-electron chi connectivity index (χ1n) is 6.77. The van der Waals surface area contributed by atoms with Crippen LogP contribution >= 0.6 is 0 Å². The number of rotatable bonds is 5. The summed E-state index contributed by atoms with van der Waals surface area (Å²) in [5.41, 5.74) is 0. The van der Waals surface area contributed by atoms with Crippen LogP contribution in [0.4, 0.5) is 0 Å². The SMILES string of the molecule is N#Cc1ccc(CNCCC(=O)N2CCCCC2)o1. The molecule has 0 aromatic carbocycles. The van der Waals surface area contributed by atoms with E-state index in [9.17, 15) is 4.79 Å². The van der Waals surface area contributed by atoms with Crippen molar-refractivity contribution in [3.8, 4) is 6.07 Å². The van der Waals surface area contributed by atoms with Crippen molar-refractivity contribution in [3.63, 3.8) is 0 Å². The molecule has 5 nitrogen and oxygen atoms in total. The number of piperidine rings is 1. The molecular weight excluding hydrogens is 242 g/mol. The highest BCUT2D eigenvalue weighted by molar-refractivity contribution is 5.76. The minimum Gasteiger partial charge on any atom is -0.449 e. The van der Waals surface area contributed by atoms with Crippen molar-refractivity contribution in [2.75, 3.05) is 19.6 Å². The number of nitrogens with one attached hydrogen (secondary N) is 1. The molecular formula is C14H19N3O2. The van der Waals surface area contributed by atoms with Crippen molar-refractivity contribution in [2.24, 2.45) is 0 Å². The lowest BCUT2D eigenvalue weighted by molar-refractivity contribution is -0.131. The molecule has 1 fully saturated rings. The van der Waals surface area contributed by atoms with Crippen LogP contribution in [0.5, 0.6) is 0 Å². The number of hydrogen-bond acceptors (Lipinski definition) is 4. The van der Waals surface area contributed by atoms with Gasteiger partial charge in [-0.15, -0.1) is 0 Å². The molecule has 1 saturated heterocycles. The van der Waals surface area contributed by atoms with Gasteiger partial charge in [-0.05, 0) is 31.4 Å². The minimum absolute atomic E-state index is 0.226. The van der Waals surface area contributed by atoms with Crippen molar-refractivity contribution in [2.45, 2.75) is 32.2 Å². The van der Waals surface area contributed by atoms with Gasteiger partial charge in [-0.2, -0.15) is 5.26 Å². The Morgan fingerprint density at radius 1 is 1.37 bits per heavy atom. The molecule has 0 spiro atoms. The van der Waals surface area contributed by atoms with Crippen LogP contribution in [0.15, 0.2) is 16.5 Å². The van der Waals surface area contributed by atoms with Crippen molar-refractivity contribution in [1.29, 1.82) is 5.26 Å². The Morgan fingerprint density at radius 3 is 2.84 bits per heavy atom. The first-order chi connectivity index (χ1) is 9.29. The molecule has 2 heterocycles. The molecule has 102 valence electrons. The number of nitriles is 1. The van der Waals surface area contributed by atoms with E-state index in [2.05, 4.69) is 5.32 Å². The fourth-order valence-electron chi connectivity index (χ4n) is 2.24. The van der Waals surface area contributed by atoms with Crippen LogP contribution < -0.4 is 5.32 Å². The normalized spacial score (nSPS) is 15.2. The van der Waals surface area contributed by atoms with E-state index < -0.39 is 0 Å². The Kier molecular flexibility index (Phi) is 4.99. The van der Waals surface area contributed by atoms with E-state index in [-0.39, 0.29) is 5.91 Å². The molecule has 1 aliphatic rings. The quantitative estimate of drug-likeness (QED) is 0.818. The zero-order chi connectivity index (χ0) is 13.5. The molecule has 1 N–H and O–H groups in total. The average molecular weight is 261 g/mol. The van der Waals surface area contributed by atoms with Gasteiger partial charge in [0.1, 0.15) is 11.8 Å². The average Bonchev–Trinajstić information content (AvgIpc) is 2.92. The van der Waals surface area contributed by atoms with Crippen molar-refractivity contribution < 1.29 is 9.21 Å². The number of furan rings is 1. The molecule has 19 heavy (non-hydrogen) atoms. The van der Waals surface area contributed by atoms with Gasteiger partial charge >= 0.3 is 0 Å². The van der Waals surface area contributed by atoms with Crippen molar-refractivity contribution >= 4 is 5.91 Å². The third-order valence-corrected chi connectivity index (χ3v) is 3.30. The molecule has 0 atom stereocenters. The molecule has 5 heteroatoms. The van der Waals surface area contributed by atoms with E-state index in [4.69, 9.17) is 9.68 Å². The number of likely N-dealkylation sites (tertiary alicyclic amines) is 1. The van der Waals surface area contributed by atoms with Gasteiger partial charge in [0.25, 0.3) is 0 Å². The van der Waals surface area contributed by atoms with Gasteiger partial charge in [-0.3, -0.25) is 4.79 Å². The molecule has 1 aromatic rings. The van der Waals surface area contributed by atoms with Gasteiger partial charge in [0.15, 0.2) is 0 Å². The summed E-state index contributed by atoms with van der Waals surface area (Å²) in [7, 11) is 0. The van der Waals surface area contributed by atoms with Crippen LogP contribution in [0, 0.1) is 11.3 Å². The number of amides is 1. The van der Waals surface area contributed by atoms with Crippen LogP contribution in [-0.2, 0) is 11.3 Å². The highest BCUT2D eigenvalue weighted by Gasteiger charge is 2.15. The maximum Gasteiger partial charge on any atom is 0.223 e. The summed E-state index contributed by atoms with van der Waals surface area (Å²) in [5, 5.41) is 11.8. The first-order valence-corrected chi connectivity index (χ1v) is 6.77. The third-order valence-electron chi connectivity index (χ3n) is 3.30. The lowest BCUT2D eigenvalue weighted by Crippen LogP contribution is -2.37. The van der Waals surface area contributed by atoms with Crippen LogP contribution in [0.1, 0.15) is 37.2 Å². The fourth-order valence-corrected chi connectivity index (χ4v) is 2.24. The van der Waals surface area contributed by atoms with Gasteiger partial charge in [-0.1, -0.05) is 0 Å². The van der Waals surface area contributed by atoms with Gasteiger partial charge < -0.3 is 14.6 Å². The Hall–Kier alpha value is -1.80. The standard InChI is InChI=1S/C14H19N3O2/c15-10-12-4-5-13(19-12)11-16-7-6-14(18)17-8-2-1-3-9-17/h4-5,16H,1-3,6-9,11H2. The van der Waals surface area contributed by atoms with Gasteiger partial charge in [-0.25, -0.2) is 0 Å². The summed E-state index contributed by atoms with van der Waals surface area (Å²) in [4.78, 5) is 13.8. The Labute approximate surface area is 113 Å². The van der Waals surface area contributed by atoms with E-state index in [1.807, 2.05) is 11.0 Å². The number of carbonyl (C=O) groups excluding carboxylic acids is 1. The zero-order valence-corrected chi connectivity index (χ0v) is 11.0. The number of hydrogen-bond donors (Lipinski definition) is 1. The first kappa shape index (κ1) is 13.6. The largest absolute Gasteiger partial charge is 0.449 e. The van der Waals surface area contributed by atoms with Crippen molar-refractivity contribution in [1.82, 2.24) is 10.2 Å². The zero-order valence-electron chi connectivity index (χ0n) is 11.0. The summed E-state index contributed by atoms with van der Waals surface area (Å²) < 4.78 is 5.24. The van der Waals surface area contributed by atoms with Crippen LogP contribution in [-0.4, -0.2) is 30.4 Å². The third kappa shape index (κ3) is 4.11. The molecule has 0 aliphatic carbocycles. The minimum atomic E-state index is 0.226. The van der Waals surface area contributed by atoms with E-state index in [0.717, 1.165) is 31.7 Å². The predicted octanol–water partition coefficient (Wildman–Crippen LogP) is 1.64. The molecule has 0 radical (unpaired) electrons. The van der Waals surface area contributed by atoms with E-state index in [0.29, 0.717) is 25.3 Å². The summed E-state index contributed by atoms with van der Waals surface area (Å²) in [6.07, 6.45) is 4.01. The summed E-state index contributed by atoms with van der Waals surface area (Å²) in [5.74, 6) is 1.27. The Balaban J connectivity index is 1.63. The lowest BCUT2D eigenvalue weighted by atomic mass is 10.1.